The predicted molar refractivity (Wildman–Crippen MR) is 135 cm³/mol. The van der Waals surface area contributed by atoms with Gasteiger partial charge in [-0.3, -0.25) is 19.5 Å². The van der Waals surface area contributed by atoms with Crippen LogP contribution in [0.25, 0.3) is 11.1 Å². The van der Waals surface area contributed by atoms with E-state index in [1.165, 1.54) is 9.80 Å². The highest BCUT2D eigenvalue weighted by molar-refractivity contribution is 6.02. The molecule has 3 aromatic rings. The van der Waals surface area contributed by atoms with Gasteiger partial charge in [0.05, 0.1) is 30.5 Å². The summed E-state index contributed by atoms with van der Waals surface area (Å²) < 4.78 is 6.27. The van der Waals surface area contributed by atoms with Crippen molar-refractivity contribution in [1.82, 2.24) is 14.8 Å². The Kier molecular flexibility index (Phi) is 6.28. The molecule has 1 aromatic heterocycles. The number of carbonyl (C=O) groups excluding carboxylic acids is 3. The average Bonchev–Trinajstić information content (AvgIpc) is 3.31. The summed E-state index contributed by atoms with van der Waals surface area (Å²) >= 11 is 0. The van der Waals surface area contributed by atoms with E-state index in [0.717, 1.165) is 11.1 Å². The summed E-state index contributed by atoms with van der Waals surface area (Å²) in [6.07, 6.45) is 3.66. The fourth-order valence-corrected chi connectivity index (χ4v) is 5.03. The third-order valence-electron chi connectivity index (χ3n) is 6.72. The third-order valence-corrected chi connectivity index (χ3v) is 6.72. The maximum Gasteiger partial charge on any atom is 0.319 e. The highest BCUT2D eigenvalue weighted by Gasteiger charge is 2.41. The summed E-state index contributed by atoms with van der Waals surface area (Å²) in [5, 5.41) is 0. The smallest absolute Gasteiger partial charge is 0.319 e. The highest BCUT2D eigenvalue weighted by Crippen LogP contribution is 2.34. The molecule has 2 atom stereocenters. The largest absolute Gasteiger partial charge is 0.491 e. The zero-order valence-electron chi connectivity index (χ0n) is 19.9. The number of fused-ring (bicyclic) bond motifs is 4. The maximum atomic E-state index is 13.4. The first kappa shape index (κ1) is 23.3. The van der Waals surface area contributed by atoms with Crippen LogP contribution in [-0.4, -0.2) is 71.5 Å². The van der Waals surface area contributed by atoms with Gasteiger partial charge in [-0.2, -0.15) is 0 Å². The summed E-state index contributed by atoms with van der Waals surface area (Å²) in [6, 6.07) is 17.1. The highest BCUT2D eigenvalue weighted by atomic mass is 16.5. The van der Waals surface area contributed by atoms with Crippen molar-refractivity contribution in [2.45, 2.75) is 18.5 Å². The summed E-state index contributed by atoms with van der Waals surface area (Å²) in [7, 11) is 1.62. The topological polar surface area (TPSA) is 109 Å². The number of amides is 4. The fourth-order valence-electron chi connectivity index (χ4n) is 5.03. The number of anilines is 1. The van der Waals surface area contributed by atoms with Gasteiger partial charge >= 0.3 is 6.03 Å². The van der Waals surface area contributed by atoms with Crippen molar-refractivity contribution in [3.63, 3.8) is 0 Å². The Morgan fingerprint density at radius 3 is 2.47 bits per heavy atom. The Bertz CT molecular complexity index is 1300. The third kappa shape index (κ3) is 4.35. The first-order valence-electron chi connectivity index (χ1n) is 11.8. The number of primary amides is 1. The van der Waals surface area contributed by atoms with Crippen LogP contribution in [-0.2, 0) is 4.79 Å². The van der Waals surface area contributed by atoms with Gasteiger partial charge in [0.1, 0.15) is 12.4 Å². The molecular weight excluding hydrogens is 458 g/mol. The van der Waals surface area contributed by atoms with E-state index >= 15 is 0 Å². The molecule has 36 heavy (non-hydrogen) atoms. The second kappa shape index (κ2) is 9.69. The van der Waals surface area contributed by atoms with Crippen molar-refractivity contribution in [3.8, 4) is 16.9 Å². The van der Waals surface area contributed by atoms with E-state index in [1.54, 1.807) is 48.6 Å². The number of rotatable bonds is 2. The average molecular weight is 486 g/mol. The van der Waals surface area contributed by atoms with Crippen molar-refractivity contribution in [2.24, 2.45) is 5.73 Å². The lowest BCUT2D eigenvalue weighted by Crippen LogP contribution is -2.47. The maximum absolute atomic E-state index is 13.4. The van der Waals surface area contributed by atoms with Gasteiger partial charge in [-0.15, -0.1) is 0 Å². The van der Waals surface area contributed by atoms with E-state index in [2.05, 4.69) is 4.98 Å². The Labute approximate surface area is 209 Å². The Morgan fingerprint density at radius 2 is 1.75 bits per heavy atom. The minimum Gasteiger partial charge on any atom is -0.491 e. The number of aromatic nitrogens is 1. The van der Waals surface area contributed by atoms with Gasteiger partial charge in [0.2, 0.25) is 5.91 Å². The monoisotopic (exact) mass is 485 g/mol. The molecule has 184 valence electrons. The molecule has 2 N–H and O–H groups in total. The van der Waals surface area contributed by atoms with Crippen molar-refractivity contribution in [2.75, 3.05) is 31.6 Å². The zero-order valence-corrected chi connectivity index (χ0v) is 19.9. The van der Waals surface area contributed by atoms with Crippen molar-refractivity contribution in [1.29, 1.82) is 0 Å². The Hall–Kier alpha value is -4.40. The molecule has 0 bridgehead atoms. The van der Waals surface area contributed by atoms with Crippen LogP contribution < -0.4 is 15.4 Å². The van der Waals surface area contributed by atoms with Crippen LogP contribution in [0.4, 0.5) is 10.5 Å². The van der Waals surface area contributed by atoms with Crippen LogP contribution in [0.5, 0.6) is 5.75 Å². The molecule has 1 saturated heterocycles. The molecule has 0 unspecified atom stereocenters. The molecular formula is C27H27N5O4. The van der Waals surface area contributed by atoms with Gasteiger partial charge in [-0.1, -0.05) is 36.4 Å². The predicted octanol–water partition coefficient (Wildman–Crippen LogP) is 2.77. The minimum atomic E-state index is -0.618. The number of nitrogens with two attached hydrogens (primary N) is 1. The number of pyridine rings is 1. The van der Waals surface area contributed by atoms with Crippen LogP contribution in [0.3, 0.4) is 0 Å². The first-order chi connectivity index (χ1) is 17.4. The summed E-state index contributed by atoms with van der Waals surface area (Å²) in [6.45, 7) is 0.408. The number of ether oxygens (including phenoxy) is 1. The molecule has 4 amide bonds. The molecule has 0 saturated carbocycles. The quantitative estimate of drug-likeness (QED) is 0.600. The lowest BCUT2D eigenvalue weighted by atomic mass is 9.98. The second-order valence-corrected chi connectivity index (χ2v) is 9.02. The summed E-state index contributed by atoms with van der Waals surface area (Å²) in [5.74, 6) is 0.149. The zero-order chi connectivity index (χ0) is 25.2. The minimum absolute atomic E-state index is 0.0957. The van der Waals surface area contributed by atoms with Gasteiger partial charge in [0.25, 0.3) is 5.91 Å². The number of urea groups is 1. The molecule has 3 heterocycles. The number of benzene rings is 2. The van der Waals surface area contributed by atoms with E-state index in [9.17, 15) is 14.4 Å². The van der Waals surface area contributed by atoms with E-state index in [4.69, 9.17) is 10.5 Å². The number of para-hydroxylation sites is 1. The van der Waals surface area contributed by atoms with Gasteiger partial charge in [-0.05, 0) is 36.2 Å². The van der Waals surface area contributed by atoms with Crippen LogP contribution in [0.1, 0.15) is 16.8 Å². The van der Waals surface area contributed by atoms with E-state index in [-0.39, 0.29) is 43.6 Å². The molecule has 2 aliphatic rings. The van der Waals surface area contributed by atoms with Crippen LogP contribution in [0, 0.1) is 0 Å². The fraction of sp³-hybridized carbons (Fsp3) is 0.259. The summed E-state index contributed by atoms with van der Waals surface area (Å²) in [5.41, 5.74) is 8.36. The number of nitrogens with zero attached hydrogens (tertiary/aromatic N) is 4. The normalized spacial score (nSPS) is 19.8. The summed E-state index contributed by atoms with van der Waals surface area (Å²) in [4.78, 5) is 47.9. The first-order valence-corrected chi connectivity index (χ1v) is 11.8. The van der Waals surface area contributed by atoms with Gasteiger partial charge in [-0.25, -0.2) is 4.79 Å². The number of hydrogen-bond acceptors (Lipinski definition) is 5. The Balaban J connectivity index is 1.51. The standard InChI is InChI=1S/C27H27N5O4/c1-30-16-25(33)31-15-19(32(27(28)35)18-7-6-12-29-14-18)13-20(31)17-36-24-11-5-4-9-22(24)21-8-2-3-10-23(21)26(30)34/h2-12,14,19-20H,13,15-17H2,1H3,(H2,28,35)/t19-,20+/m1/s1. The molecule has 2 aliphatic heterocycles. The number of hydrogen-bond donors (Lipinski definition) is 1. The second-order valence-electron chi connectivity index (χ2n) is 9.02. The van der Waals surface area contributed by atoms with Gasteiger partial charge < -0.3 is 20.3 Å². The SMILES string of the molecule is CN1CC(=O)N2C[C@H](N(C(N)=O)c3cccnc3)C[C@H]2COc2ccccc2-c2ccccc2C1=O. The van der Waals surface area contributed by atoms with Crippen molar-refractivity contribution < 1.29 is 19.1 Å². The van der Waals surface area contributed by atoms with E-state index in [0.29, 0.717) is 23.4 Å². The van der Waals surface area contributed by atoms with Gasteiger partial charge in [0, 0.05) is 30.9 Å². The van der Waals surface area contributed by atoms with E-state index in [1.807, 2.05) is 36.4 Å². The lowest BCUT2D eigenvalue weighted by molar-refractivity contribution is -0.133. The Morgan fingerprint density at radius 1 is 1.03 bits per heavy atom. The lowest BCUT2D eigenvalue weighted by Gasteiger charge is -2.29. The molecule has 0 aliphatic carbocycles. The van der Waals surface area contributed by atoms with Crippen LogP contribution >= 0.6 is 0 Å². The molecule has 0 spiro atoms. The molecule has 5 rings (SSSR count). The van der Waals surface area contributed by atoms with Gasteiger partial charge in [0.15, 0.2) is 0 Å². The van der Waals surface area contributed by atoms with Crippen LogP contribution in [0.15, 0.2) is 73.1 Å². The molecule has 0 radical (unpaired) electrons. The molecule has 2 aromatic carbocycles. The van der Waals surface area contributed by atoms with Crippen molar-refractivity contribution in [3.05, 3.63) is 78.6 Å². The van der Waals surface area contributed by atoms with Crippen molar-refractivity contribution >= 4 is 23.5 Å². The number of likely N-dealkylation sites (N-methyl/N-ethyl adjacent to an activating group) is 1. The molecule has 9 nitrogen and oxygen atoms in total. The molecule has 1 fully saturated rings. The van der Waals surface area contributed by atoms with Crippen LogP contribution in [0.2, 0.25) is 0 Å². The van der Waals surface area contributed by atoms with E-state index < -0.39 is 6.03 Å². The number of carbonyl (C=O) groups is 3. The molecule has 9 heteroatoms.